The number of carbonyl (C=O) groups is 2. The molecule has 4 rings (SSSR count). The minimum absolute atomic E-state index is 0.0829. The van der Waals surface area contributed by atoms with Gasteiger partial charge >= 0.3 is 17.8 Å². The second-order valence-electron chi connectivity index (χ2n) is 8.26. The SMILES string of the molecule is COC(=O)Cn1c(=O)n(C2CCN(C3CCN(C(=O)OC)CC3)CC2)c2ccccc21. The zero-order chi connectivity index (χ0) is 22.0. The van der Waals surface area contributed by atoms with E-state index in [-0.39, 0.29) is 24.4 Å². The minimum Gasteiger partial charge on any atom is -0.468 e. The van der Waals surface area contributed by atoms with Crippen LogP contribution in [0.25, 0.3) is 11.0 Å². The maximum absolute atomic E-state index is 13.2. The lowest BCUT2D eigenvalue weighted by molar-refractivity contribution is -0.141. The Labute approximate surface area is 181 Å². The fourth-order valence-corrected chi connectivity index (χ4v) is 4.98. The van der Waals surface area contributed by atoms with Crippen LogP contribution in [-0.4, -0.2) is 77.4 Å². The number of rotatable bonds is 4. The topological polar surface area (TPSA) is 86.0 Å². The van der Waals surface area contributed by atoms with Gasteiger partial charge in [-0.25, -0.2) is 9.59 Å². The van der Waals surface area contributed by atoms with E-state index < -0.39 is 5.97 Å². The van der Waals surface area contributed by atoms with Crippen molar-refractivity contribution in [3.05, 3.63) is 34.7 Å². The van der Waals surface area contributed by atoms with Crippen molar-refractivity contribution in [2.45, 2.75) is 44.3 Å². The second-order valence-corrected chi connectivity index (χ2v) is 8.26. The largest absolute Gasteiger partial charge is 0.468 e. The average Bonchev–Trinajstić information content (AvgIpc) is 3.10. The third kappa shape index (κ3) is 4.19. The molecule has 9 heteroatoms. The summed E-state index contributed by atoms with van der Waals surface area (Å²) in [4.78, 5) is 41.0. The highest BCUT2D eigenvalue weighted by atomic mass is 16.5. The zero-order valence-corrected chi connectivity index (χ0v) is 18.2. The number of hydrogen-bond donors (Lipinski definition) is 0. The monoisotopic (exact) mass is 430 g/mol. The molecule has 2 aromatic rings. The van der Waals surface area contributed by atoms with Gasteiger partial charge in [-0.15, -0.1) is 0 Å². The van der Waals surface area contributed by atoms with Gasteiger partial charge in [-0.2, -0.15) is 0 Å². The maximum Gasteiger partial charge on any atom is 0.409 e. The smallest absolute Gasteiger partial charge is 0.409 e. The first-order chi connectivity index (χ1) is 15.0. The van der Waals surface area contributed by atoms with E-state index in [1.807, 2.05) is 28.8 Å². The molecule has 0 bridgehead atoms. The van der Waals surface area contributed by atoms with Crippen molar-refractivity contribution in [3.63, 3.8) is 0 Å². The van der Waals surface area contributed by atoms with Gasteiger partial charge < -0.3 is 19.3 Å². The number of benzene rings is 1. The predicted molar refractivity (Wildman–Crippen MR) is 115 cm³/mol. The number of likely N-dealkylation sites (tertiary alicyclic amines) is 2. The van der Waals surface area contributed by atoms with Crippen LogP contribution in [0.4, 0.5) is 4.79 Å². The lowest BCUT2D eigenvalue weighted by Gasteiger charge is -2.41. The summed E-state index contributed by atoms with van der Waals surface area (Å²) < 4.78 is 13.0. The molecule has 2 fully saturated rings. The Morgan fingerprint density at radius 3 is 2.13 bits per heavy atom. The zero-order valence-electron chi connectivity index (χ0n) is 18.2. The van der Waals surface area contributed by atoms with Crippen molar-refractivity contribution >= 4 is 23.1 Å². The summed E-state index contributed by atoms with van der Waals surface area (Å²) >= 11 is 0. The van der Waals surface area contributed by atoms with Crippen LogP contribution in [0, 0.1) is 0 Å². The molecule has 3 heterocycles. The summed E-state index contributed by atoms with van der Waals surface area (Å²) in [6.07, 6.45) is 3.39. The van der Waals surface area contributed by atoms with Crippen molar-refractivity contribution < 1.29 is 19.1 Å². The number of piperidine rings is 2. The van der Waals surface area contributed by atoms with Crippen LogP contribution in [0.3, 0.4) is 0 Å². The molecule has 2 aliphatic rings. The molecule has 0 aliphatic carbocycles. The third-order valence-electron chi connectivity index (χ3n) is 6.66. The molecule has 1 aromatic heterocycles. The van der Waals surface area contributed by atoms with Crippen LogP contribution < -0.4 is 5.69 Å². The Kier molecular flexibility index (Phi) is 6.31. The molecular formula is C22H30N4O5. The van der Waals surface area contributed by atoms with Crippen LogP contribution in [-0.2, 0) is 20.8 Å². The van der Waals surface area contributed by atoms with Gasteiger partial charge in [0.1, 0.15) is 6.54 Å². The Morgan fingerprint density at radius 1 is 0.903 bits per heavy atom. The minimum atomic E-state index is -0.432. The molecule has 9 nitrogen and oxygen atoms in total. The predicted octanol–water partition coefficient (Wildman–Crippen LogP) is 1.84. The van der Waals surface area contributed by atoms with Crippen LogP contribution in [0.5, 0.6) is 0 Å². The van der Waals surface area contributed by atoms with Crippen molar-refractivity contribution in [2.24, 2.45) is 0 Å². The number of aromatic nitrogens is 2. The van der Waals surface area contributed by atoms with Gasteiger partial charge in [0.15, 0.2) is 0 Å². The number of hydrogen-bond acceptors (Lipinski definition) is 6. The van der Waals surface area contributed by atoms with Gasteiger partial charge in [0.25, 0.3) is 0 Å². The summed E-state index contributed by atoms with van der Waals surface area (Å²) in [7, 11) is 2.75. The van der Waals surface area contributed by atoms with Gasteiger partial charge in [0.2, 0.25) is 0 Å². The van der Waals surface area contributed by atoms with E-state index >= 15 is 0 Å². The lowest BCUT2D eigenvalue weighted by Crippen LogP contribution is -2.49. The highest BCUT2D eigenvalue weighted by Crippen LogP contribution is 2.29. The molecular weight excluding hydrogens is 400 g/mol. The molecule has 2 saturated heterocycles. The molecule has 168 valence electrons. The van der Waals surface area contributed by atoms with E-state index in [9.17, 15) is 14.4 Å². The van der Waals surface area contributed by atoms with Crippen molar-refractivity contribution in [3.8, 4) is 0 Å². The molecule has 1 aromatic carbocycles. The first kappa shape index (κ1) is 21.4. The summed E-state index contributed by atoms with van der Waals surface area (Å²) in [5.41, 5.74) is 1.47. The van der Waals surface area contributed by atoms with E-state index in [4.69, 9.17) is 9.47 Å². The molecule has 31 heavy (non-hydrogen) atoms. The van der Waals surface area contributed by atoms with E-state index in [2.05, 4.69) is 4.90 Å². The molecule has 0 radical (unpaired) electrons. The Bertz CT molecular complexity index is 997. The number of amides is 1. The fraction of sp³-hybridized carbons (Fsp3) is 0.591. The average molecular weight is 431 g/mol. The van der Waals surface area contributed by atoms with E-state index in [0.29, 0.717) is 6.04 Å². The fourth-order valence-electron chi connectivity index (χ4n) is 4.98. The van der Waals surface area contributed by atoms with Crippen molar-refractivity contribution in [1.29, 1.82) is 0 Å². The molecule has 0 spiro atoms. The first-order valence-corrected chi connectivity index (χ1v) is 10.9. The molecule has 1 amide bonds. The lowest BCUT2D eigenvalue weighted by atomic mass is 9.97. The summed E-state index contributed by atoms with van der Waals surface area (Å²) in [5.74, 6) is -0.432. The quantitative estimate of drug-likeness (QED) is 0.688. The van der Waals surface area contributed by atoms with Crippen LogP contribution in [0.1, 0.15) is 31.7 Å². The number of para-hydroxylation sites is 2. The number of esters is 1. The molecule has 0 N–H and O–H groups in total. The van der Waals surface area contributed by atoms with Crippen LogP contribution in [0.15, 0.2) is 29.1 Å². The summed E-state index contributed by atoms with van der Waals surface area (Å²) in [6, 6.07) is 8.18. The normalized spacial score (nSPS) is 19.0. The van der Waals surface area contributed by atoms with Gasteiger partial charge in [-0.1, -0.05) is 12.1 Å². The molecule has 2 aliphatic heterocycles. The first-order valence-electron chi connectivity index (χ1n) is 10.9. The van der Waals surface area contributed by atoms with Crippen molar-refractivity contribution in [1.82, 2.24) is 18.9 Å². The van der Waals surface area contributed by atoms with E-state index in [1.165, 1.54) is 18.8 Å². The van der Waals surface area contributed by atoms with Gasteiger partial charge in [-0.3, -0.25) is 13.9 Å². The molecule has 0 atom stereocenters. The number of imidazole rings is 1. The summed E-state index contributed by atoms with van der Waals surface area (Å²) in [5, 5.41) is 0. The highest BCUT2D eigenvalue weighted by Gasteiger charge is 2.31. The van der Waals surface area contributed by atoms with Gasteiger partial charge in [-0.05, 0) is 37.8 Å². The Hall–Kier alpha value is -2.81. The standard InChI is InChI=1S/C22H30N4O5/c1-30-20(27)15-25-18-5-3-4-6-19(18)26(21(25)28)17-9-11-23(12-10-17)16-7-13-24(14-8-16)22(29)31-2/h3-6,16-17H,7-15H2,1-2H3. The molecule has 0 saturated carbocycles. The number of methoxy groups -OCH3 is 2. The summed E-state index contributed by atoms with van der Waals surface area (Å²) in [6.45, 7) is 3.18. The van der Waals surface area contributed by atoms with E-state index in [1.54, 1.807) is 4.90 Å². The second kappa shape index (κ2) is 9.13. The number of fused-ring (bicyclic) bond motifs is 1. The highest BCUT2D eigenvalue weighted by molar-refractivity contribution is 5.79. The number of carbonyl (C=O) groups excluding carboxylic acids is 2. The van der Waals surface area contributed by atoms with E-state index in [0.717, 1.165) is 62.9 Å². The maximum atomic E-state index is 13.2. The van der Waals surface area contributed by atoms with Gasteiger partial charge in [0.05, 0.1) is 25.3 Å². The number of ether oxygens (including phenoxy) is 2. The Morgan fingerprint density at radius 2 is 1.52 bits per heavy atom. The number of nitrogens with zero attached hydrogens (tertiary/aromatic N) is 4. The molecule has 0 unspecified atom stereocenters. The third-order valence-corrected chi connectivity index (χ3v) is 6.66. The van der Waals surface area contributed by atoms with Crippen molar-refractivity contribution in [2.75, 3.05) is 40.4 Å². The van der Waals surface area contributed by atoms with Crippen LogP contribution >= 0.6 is 0 Å². The van der Waals surface area contributed by atoms with Gasteiger partial charge in [0, 0.05) is 38.3 Å². The Balaban J connectivity index is 1.46. The van der Waals surface area contributed by atoms with Crippen LogP contribution in [0.2, 0.25) is 0 Å².